The minimum Gasteiger partial charge on any atom is -0.485 e. The number of hydrogen-bond acceptors (Lipinski definition) is 4. The number of ether oxygens (including phenoxy) is 1. The maximum atomic E-state index is 6.07. The maximum absolute atomic E-state index is 6.07. The molecule has 21 heavy (non-hydrogen) atoms. The first-order valence-corrected chi connectivity index (χ1v) is 7.56. The summed E-state index contributed by atoms with van der Waals surface area (Å²) in [5.74, 6) is 2.99. The summed E-state index contributed by atoms with van der Waals surface area (Å²) in [4.78, 5) is 0. The third-order valence-electron chi connectivity index (χ3n) is 3.94. The van der Waals surface area contributed by atoms with Crippen molar-refractivity contribution in [1.29, 1.82) is 0 Å². The van der Waals surface area contributed by atoms with Crippen molar-refractivity contribution >= 4 is 0 Å². The van der Waals surface area contributed by atoms with Crippen LogP contribution in [0.4, 0.5) is 0 Å². The molecule has 2 aromatic rings. The van der Waals surface area contributed by atoms with Gasteiger partial charge in [-0.25, -0.2) is 0 Å². The molecule has 0 amide bonds. The van der Waals surface area contributed by atoms with Crippen molar-refractivity contribution in [1.82, 2.24) is 20.1 Å². The molecule has 112 valence electrons. The maximum Gasteiger partial charge on any atom is 0.171 e. The van der Waals surface area contributed by atoms with E-state index in [0.29, 0.717) is 6.61 Å². The van der Waals surface area contributed by atoms with E-state index < -0.39 is 0 Å². The van der Waals surface area contributed by atoms with E-state index >= 15 is 0 Å². The second kappa shape index (κ2) is 6.26. The molecule has 1 aliphatic rings. The summed E-state index contributed by atoms with van der Waals surface area (Å²) in [6, 6.07) is 6.24. The van der Waals surface area contributed by atoms with Crippen molar-refractivity contribution in [3.63, 3.8) is 0 Å². The molecule has 1 aromatic carbocycles. The third kappa shape index (κ3) is 2.93. The molecule has 0 bridgehead atoms. The van der Waals surface area contributed by atoms with E-state index in [1.54, 1.807) is 0 Å². The lowest BCUT2D eigenvalue weighted by Crippen LogP contribution is -2.15. The number of fused-ring (bicyclic) bond motifs is 1. The minimum atomic E-state index is 0.481. The number of nitrogens with one attached hydrogen (secondary N) is 1. The Morgan fingerprint density at radius 3 is 3.05 bits per heavy atom. The summed E-state index contributed by atoms with van der Waals surface area (Å²) < 4.78 is 8.28. The van der Waals surface area contributed by atoms with Crippen LogP contribution >= 0.6 is 0 Å². The molecule has 5 heteroatoms. The average molecular weight is 286 g/mol. The molecule has 3 rings (SSSR count). The fourth-order valence-electron chi connectivity index (χ4n) is 2.86. The summed E-state index contributed by atoms with van der Waals surface area (Å²) in [7, 11) is 1.95. The Kier molecular flexibility index (Phi) is 4.20. The molecule has 0 saturated heterocycles. The normalized spacial score (nSPS) is 14.0. The number of nitrogens with zero attached hydrogens (tertiary/aromatic N) is 3. The zero-order valence-corrected chi connectivity index (χ0v) is 12.7. The van der Waals surface area contributed by atoms with Gasteiger partial charge in [0.1, 0.15) is 18.2 Å². The molecular formula is C16H22N4O. The van der Waals surface area contributed by atoms with Crippen molar-refractivity contribution in [2.24, 2.45) is 0 Å². The van der Waals surface area contributed by atoms with Gasteiger partial charge in [-0.15, -0.1) is 10.2 Å². The van der Waals surface area contributed by atoms with E-state index in [9.17, 15) is 0 Å². The lowest BCUT2D eigenvalue weighted by atomic mass is 10.1. The van der Waals surface area contributed by atoms with Crippen LogP contribution in [0, 0.1) is 6.92 Å². The zero-order chi connectivity index (χ0) is 14.7. The third-order valence-corrected chi connectivity index (χ3v) is 3.94. The topological polar surface area (TPSA) is 52.0 Å². The van der Waals surface area contributed by atoms with E-state index in [0.717, 1.165) is 42.5 Å². The van der Waals surface area contributed by atoms with E-state index in [-0.39, 0.29) is 0 Å². The first-order chi connectivity index (χ1) is 10.3. The number of para-hydroxylation sites is 1. The predicted octanol–water partition coefficient (Wildman–Crippen LogP) is 2.22. The van der Waals surface area contributed by atoms with Gasteiger partial charge >= 0.3 is 0 Å². The molecule has 2 heterocycles. The van der Waals surface area contributed by atoms with E-state index in [1.165, 1.54) is 18.4 Å². The van der Waals surface area contributed by atoms with E-state index in [4.69, 9.17) is 4.74 Å². The van der Waals surface area contributed by atoms with E-state index in [1.807, 2.05) is 7.05 Å². The van der Waals surface area contributed by atoms with Crippen molar-refractivity contribution in [2.75, 3.05) is 7.05 Å². The summed E-state index contributed by atoms with van der Waals surface area (Å²) in [6.45, 7) is 4.37. The summed E-state index contributed by atoms with van der Waals surface area (Å²) in [5, 5.41) is 11.7. The summed E-state index contributed by atoms with van der Waals surface area (Å²) in [5.41, 5.74) is 2.33. The van der Waals surface area contributed by atoms with Gasteiger partial charge in [0.2, 0.25) is 0 Å². The largest absolute Gasteiger partial charge is 0.485 e. The standard InChI is InChI=1S/C16H22N4O/c1-12-6-5-7-13(10-17-2)16(12)21-11-15-19-18-14-8-3-4-9-20(14)15/h5-7,17H,3-4,8-11H2,1-2H3. The van der Waals surface area contributed by atoms with Gasteiger partial charge in [0.15, 0.2) is 5.82 Å². The van der Waals surface area contributed by atoms with E-state index in [2.05, 4.69) is 45.2 Å². The van der Waals surface area contributed by atoms with Crippen LogP contribution in [0.5, 0.6) is 5.75 Å². The minimum absolute atomic E-state index is 0.481. The molecule has 0 fully saturated rings. The highest BCUT2D eigenvalue weighted by Crippen LogP contribution is 2.24. The highest BCUT2D eigenvalue weighted by atomic mass is 16.5. The number of aromatic nitrogens is 3. The quantitative estimate of drug-likeness (QED) is 0.915. The van der Waals surface area contributed by atoms with Gasteiger partial charge in [-0.05, 0) is 32.4 Å². The van der Waals surface area contributed by atoms with Crippen LogP contribution in [0.25, 0.3) is 0 Å². The number of rotatable bonds is 5. The Bertz CT molecular complexity index is 621. The second-order valence-corrected chi connectivity index (χ2v) is 5.52. The summed E-state index contributed by atoms with van der Waals surface area (Å²) >= 11 is 0. The van der Waals surface area contributed by atoms with Crippen LogP contribution < -0.4 is 10.1 Å². The molecule has 0 saturated carbocycles. The van der Waals surface area contributed by atoms with Gasteiger partial charge < -0.3 is 14.6 Å². The fourth-order valence-corrected chi connectivity index (χ4v) is 2.86. The molecule has 0 spiro atoms. The first kappa shape index (κ1) is 14.1. The SMILES string of the molecule is CNCc1cccc(C)c1OCc1nnc2n1CCCC2. The molecule has 1 aromatic heterocycles. The Morgan fingerprint density at radius 1 is 1.29 bits per heavy atom. The predicted molar refractivity (Wildman–Crippen MR) is 81.2 cm³/mol. The van der Waals surface area contributed by atoms with Gasteiger partial charge in [0.05, 0.1) is 0 Å². The van der Waals surface area contributed by atoms with Crippen LogP contribution in [0.1, 0.15) is 35.6 Å². The van der Waals surface area contributed by atoms with Crippen molar-refractivity contribution in [3.05, 3.63) is 41.0 Å². The Labute approximate surface area is 125 Å². The number of aryl methyl sites for hydroxylation is 2. The number of hydrogen-bond donors (Lipinski definition) is 1. The van der Waals surface area contributed by atoms with Crippen LogP contribution in [-0.2, 0) is 26.1 Å². The monoisotopic (exact) mass is 286 g/mol. The highest BCUT2D eigenvalue weighted by Gasteiger charge is 2.16. The Hall–Kier alpha value is -1.88. The Balaban J connectivity index is 1.77. The molecule has 0 unspecified atom stereocenters. The molecular weight excluding hydrogens is 264 g/mol. The first-order valence-electron chi connectivity index (χ1n) is 7.56. The lowest BCUT2D eigenvalue weighted by Gasteiger charge is -2.17. The molecule has 0 atom stereocenters. The number of benzene rings is 1. The van der Waals surface area contributed by atoms with Crippen molar-refractivity contribution in [3.8, 4) is 5.75 Å². The van der Waals surface area contributed by atoms with Gasteiger partial charge in [-0.2, -0.15) is 0 Å². The fraction of sp³-hybridized carbons (Fsp3) is 0.500. The van der Waals surface area contributed by atoms with Gasteiger partial charge in [0, 0.05) is 25.1 Å². The van der Waals surface area contributed by atoms with Crippen molar-refractivity contribution in [2.45, 2.75) is 45.9 Å². The summed E-state index contributed by atoms with van der Waals surface area (Å²) in [6.07, 6.45) is 3.44. The van der Waals surface area contributed by atoms with Crippen LogP contribution in [0.3, 0.4) is 0 Å². The zero-order valence-electron chi connectivity index (χ0n) is 12.7. The van der Waals surface area contributed by atoms with Crippen molar-refractivity contribution < 1.29 is 4.74 Å². The van der Waals surface area contributed by atoms with Crippen LogP contribution in [0.2, 0.25) is 0 Å². The smallest absolute Gasteiger partial charge is 0.171 e. The molecule has 1 aliphatic heterocycles. The Morgan fingerprint density at radius 2 is 2.19 bits per heavy atom. The van der Waals surface area contributed by atoms with Gasteiger partial charge in [-0.3, -0.25) is 0 Å². The molecule has 0 radical (unpaired) electrons. The van der Waals surface area contributed by atoms with Gasteiger partial charge in [0.25, 0.3) is 0 Å². The van der Waals surface area contributed by atoms with Crippen LogP contribution in [0.15, 0.2) is 18.2 Å². The average Bonchev–Trinajstić information content (AvgIpc) is 2.90. The molecule has 1 N–H and O–H groups in total. The molecule has 5 nitrogen and oxygen atoms in total. The van der Waals surface area contributed by atoms with Gasteiger partial charge in [-0.1, -0.05) is 18.2 Å². The second-order valence-electron chi connectivity index (χ2n) is 5.52. The lowest BCUT2D eigenvalue weighted by molar-refractivity contribution is 0.281. The highest BCUT2D eigenvalue weighted by molar-refractivity contribution is 5.40. The van der Waals surface area contributed by atoms with Crippen LogP contribution in [-0.4, -0.2) is 21.8 Å². The molecule has 0 aliphatic carbocycles.